The fourth-order valence-corrected chi connectivity index (χ4v) is 3.95. The van der Waals surface area contributed by atoms with Crippen molar-refractivity contribution in [3.8, 4) is 0 Å². The molecule has 2 amide bonds. The molecule has 0 aliphatic carbocycles. The van der Waals surface area contributed by atoms with Gasteiger partial charge < -0.3 is 15.5 Å². The van der Waals surface area contributed by atoms with Crippen LogP contribution in [0.1, 0.15) is 33.8 Å². The van der Waals surface area contributed by atoms with Crippen molar-refractivity contribution in [1.82, 2.24) is 15.5 Å². The maximum atomic E-state index is 12.4. The molecule has 0 bridgehead atoms. The summed E-state index contributed by atoms with van der Waals surface area (Å²) in [7, 11) is 0. The molecule has 2 N–H and O–H groups in total. The van der Waals surface area contributed by atoms with E-state index in [0.29, 0.717) is 0 Å². The van der Waals surface area contributed by atoms with Crippen LogP contribution in [-0.4, -0.2) is 48.9 Å². The molecule has 3 heterocycles. The number of thiophene rings is 1. The topological polar surface area (TPSA) is 61.4 Å². The van der Waals surface area contributed by atoms with Gasteiger partial charge in [0, 0.05) is 30.6 Å². The van der Waals surface area contributed by atoms with Gasteiger partial charge in [0.25, 0.3) is 5.91 Å². The molecule has 2 saturated heterocycles. The lowest BCUT2D eigenvalue weighted by Gasteiger charge is -2.33. The van der Waals surface area contributed by atoms with Crippen LogP contribution >= 0.6 is 11.3 Å². The number of likely N-dealkylation sites (tertiary alicyclic amines) is 1. The third-order valence-corrected chi connectivity index (χ3v) is 5.52. The molecule has 0 spiro atoms. The van der Waals surface area contributed by atoms with E-state index in [2.05, 4.69) is 10.6 Å². The number of nitrogens with one attached hydrogen (secondary N) is 2. The third-order valence-electron chi connectivity index (χ3n) is 4.52. The molecule has 0 aromatic carbocycles. The van der Waals surface area contributed by atoms with Crippen LogP contribution in [0.25, 0.3) is 0 Å². The largest absolute Gasteiger partial charge is 0.348 e. The molecule has 2 aliphatic rings. The first-order chi connectivity index (χ1) is 10.6. The van der Waals surface area contributed by atoms with Gasteiger partial charge in [-0.2, -0.15) is 0 Å². The summed E-state index contributed by atoms with van der Waals surface area (Å²) in [6.45, 7) is 5.27. The van der Waals surface area contributed by atoms with E-state index in [1.807, 2.05) is 24.0 Å². The summed E-state index contributed by atoms with van der Waals surface area (Å²) in [6.07, 6.45) is 2.65. The minimum atomic E-state index is 0.0165. The number of carbonyl (C=O) groups is 2. The minimum Gasteiger partial charge on any atom is -0.348 e. The third kappa shape index (κ3) is 3.50. The Morgan fingerprint density at radius 1 is 1.27 bits per heavy atom. The predicted molar refractivity (Wildman–Crippen MR) is 87.1 cm³/mol. The summed E-state index contributed by atoms with van der Waals surface area (Å²) >= 11 is 1.52. The number of hydrogen-bond donors (Lipinski definition) is 2. The SMILES string of the molecule is Cc1ccc(C(=O)NC2CCN(C(=O)C3CCNC3)CC2)s1. The Bertz CT molecular complexity index is 543. The Labute approximate surface area is 135 Å². The number of nitrogens with zero attached hydrogens (tertiary/aromatic N) is 1. The normalized spacial score (nSPS) is 22.8. The van der Waals surface area contributed by atoms with Gasteiger partial charge in [0.1, 0.15) is 0 Å². The van der Waals surface area contributed by atoms with Gasteiger partial charge in [0.15, 0.2) is 0 Å². The van der Waals surface area contributed by atoms with E-state index >= 15 is 0 Å². The molecule has 1 aromatic rings. The van der Waals surface area contributed by atoms with E-state index in [0.717, 1.165) is 55.2 Å². The van der Waals surface area contributed by atoms with Gasteiger partial charge in [-0.3, -0.25) is 9.59 Å². The summed E-state index contributed by atoms with van der Waals surface area (Å²) in [6, 6.07) is 4.03. The Kier molecular flexibility index (Phi) is 4.78. The highest BCUT2D eigenvalue weighted by Gasteiger charge is 2.30. The quantitative estimate of drug-likeness (QED) is 0.884. The standard InChI is InChI=1S/C16H23N3O2S/c1-11-2-3-14(22-11)15(20)18-13-5-8-19(9-6-13)16(21)12-4-7-17-10-12/h2-3,12-13,17H,4-10H2,1H3,(H,18,20). The molecule has 2 fully saturated rings. The van der Waals surface area contributed by atoms with Gasteiger partial charge in [-0.05, 0) is 44.9 Å². The fourth-order valence-electron chi connectivity index (χ4n) is 3.18. The number of aryl methyl sites for hydroxylation is 1. The van der Waals surface area contributed by atoms with Crippen molar-refractivity contribution < 1.29 is 9.59 Å². The Hall–Kier alpha value is -1.40. The first-order valence-electron chi connectivity index (χ1n) is 8.00. The molecule has 22 heavy (non-hydrogen) atoms. The van der Waals surface area contributed by atoms with E-state index < -0.39 is 0 Å². The van der Waals surface area contributed by atoms with Crippen LogP contribution in [0.4, 0.5) is 0 Å². The summed E-state index contributed by atoms with van der Waals surface area (Å²) < 4.78 is 0. The van der Waals surface area contributed by atoms with Crippen molar-refractivity contribution in [3.63, 3.8) is 0 Å². The lowest BCUT2D eigenvalue weighted by molar-refractivity contribution is -0.136. The maximum Gasteiger partial charge on any atom is 0.261 e. The summed E-state index contributed by atoms with van der Waals surface area (Å²) in [4.78, 5) is 28.4. The maximum absolute atomic E-state index is 12.4. The number of piperidine rings is 1. The highest BCUT2D eigenvalue weighted by molar-refractivity contribution is 7.13. The Morgan fingerprint density at radius 3 is 2.64 bits per heavy atom. The molecule has 0 saturated carbocycles. The molecule has 1 unspecified atom stereocenters. The van der Waals surface area contributed by atoms with Crippen molar-refractivity contribution in [2.24, 2.45) is 5.92 Å². The second kappa shape index (κ2) is 6.79. The van der Waals surface area contributed by atoms with E-state index in [4.69, 9.17) is 0 Å². The fraction of sp³-hybridized carbons (Fsp3) is 0.625. The van der Waals surface area contributed by atoms with Gasteiger partial charge in [-0.15, -0.1) is 11.3 Å². The lowest BCUT2D eigenvalue weighted by Crippen LogP contribution is -2.48. The molecule has 120 valence electrons. The van der Waals surface area contributed by atoms with Gasteiger partial charge in [0.05, 0.1) is 10.8 Å². The molecule has 1 aromatic heterocycles. The highest BCUT2D eigenvalue weighted by Crippen LogP contribution is 2.19. The lowest BCUT2D eigenvalue weighted by atomic mass is 10.0. The molecule has 1 atom stereocenters. The molecule has 6 heteroatoms. The first kappa shape index (κ1) is 15.5. The van der Waals surface area contributed by atoms with Crippen molar-refractivity contribution in [2.75, 3.05) is 26.2 Å². The Morgan fingerprint density at radius 2 is 2.05 bits per heavy atom. The summed E-state index contributed by atoms with van der Waals surface area (Å²) in [5.41, 5.74) is 0. The molecular weight excluding hydrogens is 298 g/mol. The van der Waals surface area contributed by atoms with E-state index in [1.165, 1.54) is 11.3 Å². The van der Waals surface area contributed by atoms with Crippen molar-refractivity contribution in [3.05, 3.63) is 21.9 Å². The number of carbonyl (C=O) groups excluding carboxylic acids is 2. The average molecular weight is 321 g/mol. The summed E-state index contributed by atoms with van der Waals surface area (Å²) in [5.74, 6) is 0.451. The van der Waals surface area contributed by atoms with Crippen LogP contribution in [0.2, 0.25) is 0 Å². The van der Waals surface area contributed by atoms with Crippen molar-refractivity contribution >= 4 is 23.2 Å². The average Bonchev–Trinajstić information content (AvgIpc) is 3.18. The molecule has 0 radical (unpaired) electrons. The minimum absolute atomic E-state index is 0.0165. The first-order valence-corrected chi connectivity index (χ1v) is 8.82. The predicted octanol–water partition coefficient (Wildman–Crippen LogP) is 1.39. The van der Waals surface area contributed by atoms with Crippen LogP contribution in [0.15, 0.2) is 12.1 Å². The zero-order valence-electron chi connectivity index (χ0n) is 12.9. The van der Waals surface area contributed by atoms with Crippen LogP contribution in [0.3, 0.4) is 0 Å². The van der Waals surface area contributed by atoms with Gasteiger partial charge in [-0.25, -0.2) is 0 Å². The number of rotatable bonds is 3. The van der Waals surface area contributed by atoms with E-state index in [1.54, 1.807) is 0 Å². The van der Waals surface area contributed by atoms with Crippen LogP contribution in [0, 0.1) is 12.8 Å². The highest BCUT2D eigenvalue weighted by atomic mass is 32.1. The van der Waals surface area contributed by atoms with Gasteiger partial charge in [-0.1, -0.05) is 0 Å². The van der Waals surface area contributed by atoms with Crippen LogP contribution < -0.4 is 10.6 Å². The second-order valence-electron chi connectivity index (χ2n) is 6.17. The van der Waals surface area contributed by atoms with Gasteiger partial charge in [0.2, 0.25) is 5.91 Å². The summed E-state index contributed by atoms with van der Waals surface area (Å²) in [5, 5.41) is 6.34. The van der Waals surface area contributed by atoms with Crippen LogP contribution in [-0.2, 0) is 4.79 Å². The molecular formula is C16H23N3O2S. The molecule has 5 nitrogen and oxygen atoms in total. The monoisotopic (exact) mass is 321 g/mol. The molecule has 2 aliphatic heterocycles. The van der Waals surface area contributed by atoms with Gasteiger partial charge >= 0.3 is 0 Å². The Balaban J connectivity index is 1.47. The zero-order valence-corrected chi connectivity index (χ0v) is 13.7. The van der Waals surface area contributed by atoms with E-state index in [9.17, 15) is 9.59 Å². The number of hydrogen-bond acceptors (Lipinski definition) is 4. The van der Waals surface area contributed by atoms with Crippen molar-refractivity contribution in [2.45, 2.75) is 32.2 Å². The number of amides is 2. The van der Waals surface area contributed by atoms with Crippen LogP contribution in [0.5, 0.6) is 0 Å². The smallest absolute Gasteiger partial charge is 0.261 e. The molecule has 3 rings (SSSR count). The second-order valence-corrected chi connectivity index (χ2v) is 7.46. The van der Waals surface area contributed by atoms with Crippen molar-refractivity contribution in [1.29, 1.82) is 0 Å². The van der Waals surface area contributed by atoms with E-state index in [-0.39, 0.29) is 23.8 Å². The zero-order chi connectivity index (χ0) is 15.5.